The summed E-state index contributed by atoms with van der Waals surface area (Å²) in [5.41, 5.74) is 0. The molecule has 0 aromatic carbocycles. The van der Waals surface area contributed by atoms with Gasteiger partial charge in [0.1, 0.15) is 0 Å². The summed E-state index contributed by atoms with van der Waals surface area (Å²) in [5, 5.41) is 11.2. The number of hydrogen-bond acceptors (Lipinski definition) is 4. The van der Waals surface area contributed by atoms with Gasteiger partial charge in [-0.25, -0.2) is 0 Å². The molecule has 0 aromatic rings. The van der Waals surface area contributed by atoms with Crippen LogP contribution in [0.1, 0.15) is 19.8 Å². The fraction of sp³-hybridized carbons (Fsp3) is 0.800. The molecule has 1 saturated heterocycles. The topological polar surface area (TPSA) is 116 Å². The van der Waals surface area contributed by atoms with Crippen LogP contribution in [-0.4, -0.2) is 55.9 Å². The van der Waals surface area contributed by atoms with Crippen molar-refractivity contribution >= 4 is 22.1 Å². The Balaban J connectivity index is 2.60. The van der Waals surface area contributed by atoms with Crippen molar-refractivity contribution in [2.24, 2.45) is 5.92 Å². The van der Waals surface area contributed by atoms with Crippen molar-refractivity contribution in [3.05, 3.63) is 0 Å². The van der Waals surface area contributed by atoms with Gasteiger partial charge in [-0.2, -0.15) is 17.4 Å². The number of carboxylic acid groups (broad SMARTS) is 1. The Morgan fingerprint density at radius 3 is 2.26 bits per heavy atom. The highest BCUT2D eigenvalue weighted by Crippen LogP contribution is 2.19. The number of piperidine rings is 1. The van der Waals surface area contributed by atoms with Gasteiger partial charge in [0.15, 0.2) is 0 Å². The molecule has 1 rings (SSSR count). The van der Waals surface area contributed by atoms with Crippen LogP contribution in [0, 0.1) is 5.92 Å². The zero-order chi connectivity index (χ0) is 14.6. The molecule has 0 aliphatic carbocycles. The van der Waals surface area contributed by atoms with Crippen molar-refractivity contribution in [2.45, 2.75) is 25.8 Å². The first kappa shape index (κ1) is 15.9. The minimum absolute atomic E-state index is 0.146. The molecular weight excluding hydrogens is 274 g/mol. The number of nitrogens with one attached hydrogen (secondary N) is 2. The molecule has 1 aliphatic rings. The van der Waals surface area contributed by atoms with E-state index in [0.29, 0.717) is 0 Å². The van der Waals surface area contributed by atoms with Crippen molar-refractivity contribution in [1.29, 1.82) is 0 Å². The Morgan fingerprint density at radius 2 is 1.84 bits per heavy atom. The molecular formula is C10H19N3O5S. The Morgan fingerprint density at radius 1 is 1.32 bits per heavy atom. The lowest BCUT2D eigenvalue weighted by Crippen LogP contribution is -2.51. The third-order valence-corrected chi connectivity index (χ3v) is 4.80. The second-order valence-corrected chi connectivity index (χ2v) is 6.17. The number of aliphatic carboxylic acids is 1. The van der Waals surface area contributed by atoms with E-state index in [9.17, 15) is 18.0 Å². The third-order valence-electron chi connectivity index (χ3n) is 3.11. The molecule has 8 nitrogen and oxygen atoms in total. The molecule has 0 aromatic heterocycles. The maximum atomic E-state index is 12.0. The molecule has 1 amide bonds. The summed E-state index contributed by atoms with van der Waals surface area (Å²) in [6.45, 7) is 1.74. The molecule has 110 valence electrons. The number of amides is 1. The van der Waals surface area contributed by atoms with Crippen LogP contribution in [0.4, 0.5) is 0 Å². The van der Waals surface area contributed by atoms with Crippen LogP contribution in [0.3, 0.4) is 0 Å². The smallest absolute Gasteiger partial charge is 0.306 e. The Bertz CT molecular complexity index is 442. The Labute approximate surface area is 112 Å². The van der Waals surface area contributed by atoms with Gasteiger partial charge in [0.05, 0.1) is 12.0 Å². The number of carbonyl (C=O) groups excluding carboxylic acids is 1. The van der Waals surface area contributed by atoms with Gasteiger partial charge in [0, 0.05) is 20.1 Å². The summed E-state index contributed by atoms with van der Waals surface area (Å²) in [7, 11) is -2.34. The molecule has 0 radical (unpaired) electrons. The van der Waals surface area contributed by atoms with E-state index in [1.165, 1.54) is 18.3 Å². The first-order valence-electron chi connectivity index (χ1n) is 5.99. The Hall–Kier alpha value is -1.19. The molecule has 9 heteroatoms. The van der Waals surface area contributed by atoms with Gasteiger partial charge in [-0.15, -0.1) is 0 Å². The molecule has 1 fully saturated rings. The van der Waals surface area contributed by atoms with Gasteiger partial charge in [0.25, 0.3) is 10.2 Å². The SMILES string of the molecule is CNC(=O)C(C)NS(=O)(=O)N1CCC(C(=O)O)CC1. The highest BCUT2D eigenvalue weighted by atomic mass is 32.2. The second kappa shape index (κ2) is 6.31. The van der Waals surface area contributed by atoms with E-state index in [1.807, 2.05) is 0 Å². The zero-order valence-corrected chi connectivity index (χ0v) is 11.7. The summed E-state index contributed by atoms with van der Waals surface area (Å²) in [4.78, 5) is 22.1. The van der Waals surface area contributed by atoms with Crippen molar-refractivity contribution < 1.29 is 23.1 Å². The van der Waals surface area contributed by atoms with Gasteiger partial charge in [0.2, 0.25) is 5.91 Å². The highest BCUT2D eigenvalue weighted by Gasteiger charge is 2.32. The molecule has 1 heterocycles. The van der Waals surface area contributed by atoms with E-state index < -0.39 is 34.0 Å². The van der Waals surface area contributed by atoms with Crippen LogP contribution >= 0.6 is 0 Å². The summed E-state index contributed by atoms with van der Waals surface area (Å²) >= 11 is 0. The zero-order valence-electron chi connectivity index (χ0n) is 10.9. The number of likely N-dealkylation sites (N-methyl/N-ethyl adjacent to an activating group) is 1. The van der Waals surface area contributed by atoms with E-state index in [1.54, 1.807) is 0 Å². The number of hydrogen-bond donors (Lipinski definition) is 3. The van der Waals surface area contributed by atoms with Crippen LogP contribution in [0.15, 0.2) is 0 Å². The van der Waals surface area contributed by atoms with E-state index in [0.717, 1.165) is 0 Å². The van der Waals surface area contributed by atoms with E-state index in [4.69, 9.17) is 5.11 Å². The lowest BCUT2D eigenvalue weighted by molar-refractivity contribution is -0.142. The normalized spacial score (nSPS) is 19.9. The summed E-state index contributed by atoms with van der Waals surface area (Å²) in [6, 6.07) is -0.868. The maximum Gasteiger partial charge on any atom is 0.306 e. The first-order chi connectivity index (χ1) is 8.77. The van der Waals surface area contributed by atoms with Crippen molar-refractivity contribution in [3.63, 3.8) is 0 Å². The van der Waals surface area contributed by atoms with Crippen LogP contribution < -0.4 is 10.0 Å². The Kier molecular flexibility index (Phi) is 5.27. The predicted molar refractivity (Wildman–Crippen MR) is 67.5 cm³/mol. The van der Waals surface area contributed by atoms with Gasteiger partial charge >= 0.3 is 5.97 Å². The third kappa shape index (κ3) is 4.15. The van der Waals surface area contributed by atoms with Crippen molar-refractivity contribution in [2.75, 3.05) is 20.1 Å². The number of nitrogens with zero attached hydrogens (tertiary/aromatic N) is 1. The fourth-order valence-electron chi connectivity index (χ4n) is 1.91. The van der Waals surface area contributed by atoms with Crippen molar-refractivity contribution in [1.82, 2.24) is 14.3 Å². The quantitative estimate of drug-likeness (QED) is 0.586. The van der Waals surface area contributed by atoms with Crippen molar-refractivity contribution in [3.8, 4) is 0 Å². The van der Waals surface area contributed by atoms with Crippen LogP contribution in [0.2, 0.25) is 0 Å². The minimum atomic E-state index is -3.76. The van der Waals surface area contributed by atoms with E-state index in [2.05, 4.69) is 10.0 Å². The minimum Gasteiger partial charge on any atom is -0.481 e. The monoisotopic (exact) mass is 293 g/mol. The average Bonchev–Trinajstić information content (AvgIpc) is 2.37. The van der Waals surface area contributed by atoms with Gasteiger partial charge < -0.3 is 10.4 Å². The number of carboxylic acids is 1. The first-order valence-corrected chi connectivity index (χ1v) is 7.43. The molecule has 0 bridgehead atoms. The lowest BCUT2D eigenvalue weighted by atomic mass is 9.99. The number of carbonyl (C=O) groups is 2. The van der Waals surface area contributed by atoms with Crippen LogP contribution in [-0.2, 0) is 19.8 Å². The average molecular weight is 293 g/mol. The lowest BCUT2D eigenvalue weighted by Gasteiger charge is -2.30. The standard InChI is InChI=1S/C10H19N3O5S/c1-7(9(14)11-2)12-19(17,18)13-5-3-8(4-6-13)10(15)16/h7-8,12H,3-6H2,1-2H3,(H,11,14)(H,15,16). The molecule has 1 aliphatic heterocycles. The predicted octanol–water partition coefficient (Wildman–Crippen LogP) is -1.25. The van der Waals surface area contributed by atoms with Gasteiger partial charge in [-0.05, 0) is 19.8 Å². The van der Waals surface area contributed by atoms with Gasteiger partial charge in [-0.1, -0.05) is 0 Å². The summed E-state index contributed by atoms with van der Waals surface area (Å²) in [6.07, 6.45) is 0.565. The van der Waals surface area contributed by atoms with E-state index in [-0.39, 0.29) is 25.9 Å². The van der Waals surface area contributed by atoms with Gasteiger partial charge in [-0.3, -0.25) is 9.59 Å². The van der Waals surface area contributed by atoms with Crippen LogP contribution in [0.25, 0.3) is 0 Å². The second-order valence-electron chi connectivity index (χ2n) is 4.47. The molecule has 1 unspecified atom stereocenters. The maximum absolute atomic E-state index is 12.0. The molecule has 19 heavy (non-hydrogen) atoms. The van der Waals surface area contributed by atoms with Crippen LogP contribution in [0.5, 0.6) is 0 Å². The fourth-order valence-corrected chi connectivity index (χ4v) is 3.31. The summed E-state index contributed by atoms with van der Waals surface area (Å²) < 4.78 is 27.4. The number of rotatable bonds is 5. The largest absolute Gasteiger partial charge is 0.481 e. The van der Waals surface area contributed by atoms with E-state index >= 15 is 0 Å². The molecule has 0 saturated carbocycles. The highest BCUT2D eigenvalue weighted by molar-refractivity contribution is 7.87. The summed E-state index contributed by atoms with van der Waals surface area (Å²) in [5.74, 6) is -1.82. The molecule has 0 spiro atoms. The molecule has 1 atom stereocenters. The molecule has 3 N–H and O–H groups in total.